The van der Waals surface area contributed by atoms with E-state index in [9.17, 15) is 8.78 Å². The first-order chi connectivity index (χ1) is 8.96. The standard InChI is InChI=1S/C15H23F2NO/c1-5-15(3,19-4)14(18-6-2)10-11-9-12(16)7-8-13(11)17/h7-9,14,18H,5-6,10H2,1-4H3. The SMILES string of the molecule is CCNC(Cc1cc(F)ccc1F)C(C)(CC)OC. The first-order valence-corrected chi connectivity index (χ1v) is 6.69. The summed E-state index contributed by atoms with van der Waals surface area (Å²) in [5, 5.41) is 3.31. The highest BCUT2D eigenvalue weighted by atomic mass is 19.1. The van der Waals surface area contributed by atoms with E-state index in [2.05, 4.69) is 5.32 Å². The number of likely N-dealkylation sites (N-methyl/N-ethyl adjacent to an activating group) is 1. The third-order valence-corrected chi connectivity index (χ3v) is 3.79. The summed E-state index contributed by atoms with van der Waals surface area (Å²) in [6.07, 6.45) is 1.19. The molecular weight excluding hydrogens is 248 g/mol. The molecule has 0 spiro atoms. The zero-order valence-electron chi connectivity index (χ0n) is 12.1. The normalized spacial score (nSPS) is 16.1. The van der Waals surface area contributed by atoms with E-state index in [0.29, 0.717) is 12.0 Å². The zero-order chi connectivity index (χ0) is 14.5. The van der Waals surface area contributed by atoms with Crippen LogP contribution in [-0.4, -0.2) is 25.3 Å². The fourth-order valence-corrected chi connectivity index (χ4v) is 2.20. The molecule has 0 heterocycles. The highest BCUT2D eigenvalue weighted by Gasteiger charge is 2.32. The zero-order valence-corrected chi connectivity index (χ0v) is 12.1. The summed E-state index contributed by atoms with van der Waals surface area (Å²) < 4.78 is 32.5. The number of rotatable bonds is 7. The lowest BCUT2D eigenvalue weighted by Crippen LogP contribution is -2.51. The van der Waals surface area contributed by atoms with Gasteiger partial charge in [-0.3, -0.25) is 0 Å². The van der Waals surface area contributed by atoms with Gasteiger partial charge in [0, 0.05) is 13.2 Å². The molecule has 0 fully saturated rings. The number of nitrogens with one attached hydrogen (secondary N) is 1. The van der Waals surface area contributed by atoms with E-state index in [1.807, 2.05) is 20.8 Å². The van der Waals surface area contributed by atoms with E-state index in [-0.39, 0.29) is 11.9 Å². The molecule has 0 amide bonds. The van der Waals surface area contributed by atoms with Crippen molar-refractivity contribution in [3.63, 3.8) is 0 Å². The van der Waals surface area contributed by atoms with Crippen molar-refractivity contribution in [2.24, 2.45) is 0 Å². The molecule has 2 nitrogen and oxygen atoms in total. The van der Waals surface area contributed by atoms with Crippen LogP contribution < -0.4 is 5.32 Å². The summed E-state index contributed by atoms with van der Waals surface area (Å²) in [6.45, 7) is 6.74. The second kappa shape index (κ2) is 6.96. The lowest BCUT2D eigenvalue weighted by atomic mass is 9.88. The molecule has 0 saturated heterocycles. The first-order valence-electron chi connectivity index (χ1n) is 6.69. The number of benzene rings is 1. The molecular formula is C15H23F2NO. The maximum atomic E-state index is 13.7. The fraction of sp³-hybridized carbons (Fsp3) is 0.600. The van der Waals surface area contributed by atoms with Gasteiger partial charge in [-0.2, -0.15) is 0 Å². The molecule has 0 radical (unpaired) electrons. The number of methoxy groups -OCH3 is 1. The smallest absolute Gasteiger partial charge is 0.126 e. The van der Waals surface area contributed by atoms with Gasteiger partial charge >= 0.3 is 0 Å². The summed E-state index contributed by atoms with van der Waals surface area (Å²) in [5.74, 6) is -0.791. The van der Waals surface area contributed by atoms with Crippen LogP contribution in [0.25, 0.3) is 0 Å². The molecule has 0 aliphatic heterocycles. The van der Waals surface area contributed by atoms with Gasteiger partial charge in [-0.15, -0.1) is 0 Å². The number of halogens is 2. The molecule has 1 aromatic carbocycles. The van der Waals surface area contributed by atoms with Crippen LogP contribution in [0.1, 0.15) is 32.8 Å². The highest BCUT2D eigenvalue weighted by molar-refractivity contribution is 5.20. The van der Waals surface area contributed by atoms with Gasteiger partial charge in [0.2, 0.25) is 0 Å². The van der Waals surface area contributed by atoms with Crippen LogP contribution in [-0.2, 0) is 11.2 Å². The van der Waals surface area contributed by atoms with Crippen molar-refractivity contribution in [1.29, 1.82) is 0 Å². The third kappa shape index (κ3) is 3.98. The van der Waals surface area contributed by atoms with E-state index in [4.69, 9.17) is 4.74 Å². The van der Waals surface area contributed by atoms with E-state index >= 15 is 0 Å². The lowest BCUT2D eigenvalue weighted by Gasteiger charge is -2.36. The second-order valence-corrected chi connectivity index (χ2v) is 4.92. The Morgan fingerprint density at radius 1 is 1.32 bits per heavy atom. The topological polar surface area (TPSA) is 21.3 Å². The Bertz CT molecular complexity index is 405. The quantitative estimate of drug-likeness (QED) is 0.821. The van der Waals surface area contributed by atoms with E-state index in [0.717, 1.165) is 19.0 Å². The van der Waals surface area contributed by atoms with Gasteiger partial charge in [-0.05, 0) is 50.1 Å². The van der Waals surface area contributed by atoms with Gasteiger partial charge in [-0.25, -0.2) is 8.78 Å². The summed E-state index contributed by atoms with van der Waals surface area (Å²) >= 11 is 0. The van der Waals surface area contributed by atoms with Crippen molar-refractivity contribution >= 4 is 0 Å². The fourth-order valence-electron chi connectivity index (χ4n) is 2.20. The molecule has 1 aromatic rings. The van der Waals surface area contributed by atoms with E-state index in [1.54, 1.807) is 7.11 Å². The lowest BCUT2D eigenvalue weighted by molar-refractivity contribution is -0.0285. The molecule has 1 N–H and O–H groups in total. The minimum absolute atomic E-state index is 0.0659. The second-order valence-electron chi connectivity index (χ2n) is 4.92. The monoisotopic (exact) mass is 271 g/mol. The van der Waals surface area contributed by atoms with E-state index < -0.39 is 11.4 Å². The molecule has 2 unspecified atom stereocenters. The Hall–Kier alpha value is -1.00. The Balaban J connectivity index is 2.98. The molecule has 0 aliphatic carbocycles. The van der Waals surface area contributed by atoms with Crippen molar-refractivity contribution in [1.82, 2.24) is 5.32 Å². The van der Waals surface area contributed by atoms with Gasteiger partial charge in [-0.1, -0.05) is 13.8 Å². The molecule has 0 aliphatic rings. The molecule has 1 rings (SSSR count). The predicted octanol–water partition coefficient (Wildman–Crippen LogP) is 3.30. The molecule has 0 aromatic heterocycles. The molecule has 19 heavy (non-hydrogen) atoms. The van der Waals surface area contributed by atoms with Gasteiger partial charge in [0.1, 0.15) is 11.6 Å². The minimum atomic E-state index is -0.415. The Morgan fingerprint density at radius 3 is 2.53 bits per heavy atom. The average molecular weight is 271 g/mol. The predicted molar refractivity (Wildman–Crippen MR) is 73.2 cm³/mol. The summed E-state index contributed by atoms with van der Waals surface area (Å²) in [6, 6.07) is 3.50. The van der Waals surface area contributed by atoms with Crippen LogP contribution in [0.3, 0.4) is 0 Å². The van der Waals surface area contributed by atoms with Crippen LogP contribution in [0, 0.1) is 11.6 Å². The molecule has 0 bridgehead atoms. The minimum Gasteiger partial charge on any atom is -0.377 e. The van der Waals surface area contributed by atoms with Gasteiger partial charge in [0.15, 0.2) is 0 Å². The van der Waals surface area contributed by atoms with Crippen LogP contribution >= 0.6 is 0 Å². The maximum Gasteiger partial charge on any atom is 0.126 e. The maximum absolute atomic E-state index is 13.7. The molecule has 2 atom stereocenters. The summed E-state index contributed by atoms with van der Waals surface area (Å²) in [7, 11) is 1.65. The molecule has 108 valence electrons. The Morgan fingerprint density at radius 2 is 2.00 bits per heavy atom. The van der Waals surface area contributed by atoms with Crippen molar-refractivity contribution < 1.29 is 13.5 Å². The van der Waals surface area contributed by atoms with Crippen molar-refractivity contribution in [3.8, 4) is 0 Å². The Kier molecular flexibility index (Phi) is 5.88. The molecule has 4 heteroatoms. The molecule has 0 saturated carbocycles. The number of hydrogen-bond acceptors (Lipinski definition) is 2. The Labute approximate surface area is 114 Å². The number of ether oxygens (including phenoxy) is 1. The van der Waals surface area contributed by atoms with Gasteiger partial charge < -0.3 is 10.1 Å². The summed E-state index contributed by atoms with van der Waals surface area (Å²) in [4.78, 5) is 0. The third-order valence-electron chi connectivity index (χ3n) is 3.79. The van der Waals surface area contributed by atoms with Crippen LogP contribution in [0.5, 0.6) is 0 Å². The summed E-state index contributed by atoms with van der Waals surface area (Å²) in [5.41, 5.74) is -0.0305. The van der Waals surface area contributed by atoms with Crippen LogP contribution in [0.15, 0.2) is 18.2 Å². The first kappa shape index (κ1) is 16.1. The van der Waals surface area contributed by atoms with Crippen LogP contribution in [0.2, 0.25) is 0 Å². The van der Waals surface area contributed by atoms with Gasteiger partial charge in [0.05, 0.1) is 5.60 Å². The van der Waals surface area contributed by atoms with E-state index in [1.165, 1.54) is 12.1 Å². The highest BCUT2D eigenvalue weighted by Crippen LogP contribution is 2.23. The number of hydrogen-bond donors (Lipinski definition) is 1. The van der Waals surface area contributed by atoms with Crippen molar-refractivity contribution in [3.05, 3.63) is 35.4 Å². The van der Waals surface area contributed by atoms with Crippen LogP contribution in [0.4, 0.5) is 8.78 Å². The van der Waals surface area contributed by atoms with Crippen molar-refractivity contribution in [2.45, 2.75) is 45.3 Å². The average Bonchev–Trinajstić information content (AvgIpc) is 2.41. The van der Waals surface area contributed by atoms with Crippen molar-refractivity contribution in [2.75, 3.05) is 13.7 Å². The van der Waals surface area contributed by atoms with Gasteiger partial charge in [0.25, 0.3) is 0 Å². The largest absolute Gasteiger partial charge is 0.377 e.